The summed E-state index contributed by atoms with van der Waals surface area (Å²) in [6, 6.07) is 0.112. The van der Waals surface area contributed by atoms with Crippen LogP contribution in [0.25, 0.3) is 0 Å². The maximum absolute atomic E-state index is 6.25. The van der Waals surface area contributed by atoms with E-state index in [0.717, 1.165) is 12.1 Å². The number of unbranched alkanes of at least 4 members (excludes halogenated alkanes) is 3. The fourth-order valence-corrected chi connectivity index (χ4v) is 2.78. The predicted octanol–water partition coefficient (Wildman–Crippen LogP) is 3.81. The van der Waals surface area contributed by atoms with Crippen molar-refractivity contribution in [3.63, 3.8) is 0 Å². The van der Waals surface area contributed by atoms with E-state index in [-0.39, 0.29) is 11.5 Å². The minimum atomic E-state index is 0.0450. The first-order chi connectivity index (χ1) is 7.96. The lowest BCUT2D eigenvalue weighted by atomic mass is 9.89. The predicted molar refractivity (Wildman–Crippen MR) is 74.3 cm³/mol. The fraction of sp³-hybridized carbons (Fsp3) is 0.846. The zero-order chi connectivity index (χ0) is 12.9. The van der Waals surface area contributed by atoms with Crippen LogP contribution in [0.3, 0.4) is 0 Å². The standard InChI is InChI=1S/C13H25N3S/c1-5-6-7-8-9-10(14)11-12(13(2,3)4)15-16-17-11/h10H,5-9,14H2,1-4H3. The van der Waals surface area contributed by atoms with Crippen LogP contribution in [0.1, 0.15) is 76.4 Å². The van der Waals surface area contributed by atoms with Crippen LogP contribution in [0.2, 0.25) is 0 Å². The molecule has 0 aromatic carbocycles. The van der Waals surface area contributed by atoms with Gasteiger partial charge in [-0.1, -0.05) is 57.9 Å². The molecular formula is C13H25N3S. The molecule has 0 bridgehead atoms. The number of hydrogen-bond acceptors (Lipinski definition) is 4. The van der Waals surface area contributed by atoms with Crippen LogP contribution >= 0.6 is 11.5 Å². The van der Waals surface area contributed by atoms with Crippen molar-refractivity contribution >= 4 is 11.5 Å². The van der Waals surface area contributed by atoms with Gasteiger partial charge < -0.3 is 5.73 Å². The normalized spacial score (nSPS) is 13.9. The van der Waals surface area contributed by atoms with Crippen molar-refractivity contribution in [3.05, 3.63) is 10.6 Å². The maximum Gasteiger partial charge on any atom is 0.0856 e. The summed E-state index contributed by atoms with van der Waals surface area (Å²) >= 11 is 1.46. The van der Waals surface area contributed by atoms with Crippen LogP contribution in [0, 0.1) is 0 Å². The van der Waals surface area contributed by atoms with Crippen molar-refractivity contribution < 1.29 is 0 Å². The van der Waals surface area contributed by atoms with Gasteiger partial charge in [0.2, 0.25) is 0 Å². The summed E-state index contributed by atoms with van der Waals surface area (Å²) in [7, 11) is 0. The zero-order valence-corrected chi connectivity index (χ0v) is 12.3. The summed E-state index contributed by atoms with van der Waals surface area (Å²) in [5, 5.41) is 4.24. The molecular weight excluding hydrogens is 230 g/mol. The van der Waals surface area contributed by atoms with Crippen LogP contribution in [-0.2, 0) is 5.41 Å². The number of nitrogens with zero attached hydrogens (tertiary/aromatic N) is 2. The largest absolute Gasteiger partial charge is 0.323 e. The highest BCUT2D eigenvalue weighted by Crippen LogP contribution is 2.31. The first-order valence-corrected chi connectivity index (χ1v) is 7.32. The van der Waals surface area contributed by atoms with Gasteiger partial charge >= 0.3 is 0 Å². The number of rotatable bonds is 6. The molecule has 1 aromatic rings. The molecule has 17 heavy (non-hydrogen) atoms. The summed E-state index contributed by atoms with van der Waals surface area (Å²) in [5.41, 5.74) is 7.37. The Balaban J connectivity index is 2.57. The van der Waals surface area contributed by atoms with E-state index in [9.17, 15) is 0 Å². The Bertz CT molecular complexity index is 328. The van der Waals surface area contributed by atoms with E-state index in [1.165, 1.54) is 42.1 Å². The van der Waals surface area contributed by atoms with Gasteiger partial charge in [-0.3, -0.25) is 0 Å². The van der Waals surface area contributed by atoms with E-state index in [1.807, 2.05) is 0 Å². The smallest absolute Gasteiger partial charge is 0.0856 e. The zero-order valence-electron chi connectivity index (χ0n) is 11.5. The summed E-state index contributed by atoms with van der Waals surface area (Å²) in [6.07, 6.45) is 6.11. The second-order valence-electron chi connectivity index (χ2n) is 5.69. The summed E-state index contributed by atoms with van der Waals surface area (Å²) in [5.74, 6) is 0. The van der Waals surface area contributed by atoms with Crippen molar-refractivity contribution in [1.29, 1.82) is 0 Å². The molecule has 98 valence electrons. The molecule has 3 nitrogen and oxygen atoms in total. The Kier molecular flexibility index (Phi) is 5.53. The summed E-state index contributed by atoms with van der Waals surface area (Å²) < 4.78 is 4.07. The molecule has 0 aliphatic rings. The van der Waals surface area contributed by atoms with Crippen LogP contribution < -0.4 is 5.73 Å². The van der Waals surface area contributed by atoms with E-state index < -0.39 is 0 Å². The lowest BCUT2D eigenvalue weighted by Crippen LogP contribution is -2.19. The lowest BCUT2D eigenvalue weighted by Gasteiger charge is -2.19. The molecule has 1 atom stereocenters. The molecule has 0 spiro atoms. The van der Waals surface area contributed by atoms with E-state index in [0.29, 0.717) is 0 Å². The highest BCUT2D eigenvalue weighted by atomic mass is 32.1. The molecule has 4 heteroatoms. The molecule has 0 aliphatic heterocycles. The Morgan fingerprint density at radius 2 is 1.94 bits per heavy atom. The van der Waals surface area contributed by atoms with Gasteiger partial charge in [0.05, 0.1) is 10.6 Å². The molecule has 0 fully saturated rings. The molecule has 2 N–H and O–H groups in total. The quantitative estimate of drug-likeness (QED) is 0.786. The molecule has 0 radical (unpaired) electrons. The SMILES string of the molecule is CCCCCCC(N)c1snnc1C(C)(C)C. The summed E-state index contributed by atoms with van der Waals surface area (Å²) in [4.78, 5) is 1.17. The fourth-order valence-electron chi connectivity index (χ4n) is 1.88. The molecule has 0 aliphatic carbocycles. The van der Waals surface area contributed by atoms with Crippen molar-refractivity contribution in [3.8, 4) is 0 Å². The monoisotopic (exact) mass is 255 g/mol. The molecule has 1 unspecified atom stereocenters. The van der Waals surface area contributed by atoms with Gasteiger partial charge in [-0.15, -0.1) is 5.10 Å². The third kappa shape index (κ3) is 4.36. The van der Waals surface area contributed by atoms with Crippen molar-refractivity contribution in [2.45, 2.75) is 71.3 Å². The second-order valence-corrected chi connectivity index (χ2v) is 6.48. The van der Waals surface area contributed by atoms with Gasteiger partial charge in [0.1, 0.15) is 0 Å². The second kappa shape index (κ2) is 6.45. The summed E-state index contributed by atoms with van der Waals surface area (Å²) in [6.45, 7) is 8.72. The van der Waals surface area contributed by atoms with Gasteiger partial charge in [-0.2, -0.15) is 0 Å². The topological polar surface area (TPSA) is 51.8 Å². The van der Waals surface area contributed by atoms with Gasteiger partial charge in [-0.05, 0) is 18.0 Å². The van der Waals surface area contributed by atoms with Gasteiger partial charge in [0.15, 0.2) is 0 Å². The molecule has 1 heterocycles. The van der Waals surface area contributed by atoms with Gasteiger partial charge in [0, 0.05) is 11.5 Å². The third-order valence-corrected chi connectivity index (χ3v) is 3.79. The van der Waals surface area contributed by atoms with E-state index in [2.05, 4.69) is 37.3 Å². The molecule has 0 saturated heterocycles. The van der Waals surface area contributed by atoms with E-state index >= 15 is 0 Å². The van der Waals surface area contributed by atoms with Crippen molar-refractivity contribution in [2.75, 3.05) is 0 Å². The lowest BCUT2D eigenvalue weighted by molar-refractivity contribution is 0.530. The average molecular weight is 255 g/mol. The minimum absolute atomic E-state index is 0.0450. The maximum atomic E-state index is 6.25. The Morgan fingerprint density at radius 3 is 2.53 bits per heavy atom. The van der Waals surface area contributed by atoms with Crippen molar-refractivity contribution in [2.24, 2.45) is 5.73 Å². The van der Waals surface area contributed by atoms with Crippen LogP contribution in [-0.4, -0.2) is 9.59 Å². The number of hydrogen-bond donors (Lipinski definition) is 1. The first-order valence-electron chi connectivity index (χ1n) is 6.55. The van der Waals surface area contributed by atoms with Gasteiger partial charge in [0.25, 0.3) is 0 Å². The Morgan fingerprint density at radius 1 is 1.24 bits per heavy atom. The Hall–Kier alpha value is -0.480. The van der Waals surface area contributed by atoms with Crippen LogP contribution in [0.5, 0.6) is 0 Å². The van der Waals surface area contributed by atoms with Gasteiger partial charge in [-0.25, -0.2) is 0 Å². The Labute approximate surface area is 109 Å². The third-order valence-electron chi connectivity index (χ3n) is 2.93. The van der Waals surface area contributed by atoms with Crippen LogP contribution in [0.4, 0.5) is 0 Å². The minimum Gasteiger partial charge on any atom is -0.323 e. The number of aromatic nitrogens is 2. The van der Waals surface area contributed by atoms with Crippen LogP contribution in [0.15, 0.2) is 0 Å². The molecule has 0 amide bonds. The highest BCUT2D eigenvalue weighted by Gasteiger charge is 2.25. The van der Waals surface area contributed by atoms with Crippen molar-refractivity contribution in [1.82, 2.24) is 9.59 Å². The first kappa shape index (κ1) is 14.6. The highest BCUT2D eigenvalue weighted by molar-refractivity contribution is 7.05. The molecule has 1 rings (SSSR count). The average Bonchev–Trinajstić information content (AvgIpc) is 2.72. The van der Waals surface area contributed by atoms with E-state index in [1.54, 1.807) is 0 Å². The van der Waals surface area contributed by atoms with E-state index in [4.69, 9.17) is 5.73 Å². The molecule has 1 aromatic heterocycles. The number of nitrogens with two attached hydrogens (primary N) is 1. The molecule has 0 saturated carbocycles.